The highest BCUT2D eigenvalue weighted by molar-refractivity contribution is 7.07. The number of nitrogens with zero attached hydrogens (tertiary/aromatic N) is 3. The molecule has 26 heavy (non-hydrogen) atoms. The van der Waals surface area contributed by atoms with Crippen molar-refractivity contribution in [1.82, 2.24) is 4.68 Å². The minimum absolute atomic E-state index is 0.203. The van der Waals surface area contributed by atoms with Gasteiger partial charge in [-0.2, -0.15) is 5.10 Å². The van der Waals surface area contributed by atoms with E-state index in [1.807, 2.05) is 36.6 Å². The number of aromatic nitrogens is 1. The molecular formula is C20H17F2N3S. The second kappa shape index (κ2) is 8.01. The van der Waals surface area contributed by atoms with Crippen molar-refractivity contribution in [2.24, 2.45) is 10.1 Å². The molecule has 0 radical (unpaired) electrons. The van der Waals surface area contributed by atoms with Crippen LogP contribution >= 0.6 is 11.3 Å². The third kappa shape index (κ3) is 4.03. The van der Waals surface area contributed by atoms with Crippen LogP contribution in [0.2, 0.25) is 0 Å². The Morgan fingerprint density at radius 3 is 2.62 bits per heavy atom. The molecule has 0 atom stereocenters. The van der Waals surface area contributed by atoms with Crippen LogP contribution in [0.4, 0.5) is 8.78 Å². The van der Waals surface area contributed by atoms with Crippen LogP contribution in [0.1, 0.15) is 11.1 Å². The van der Waals surface area contributed by atoms with E-state index in [4.69, 9.17) is 0 Å². The summed E-state index contributed by atoms with van der Waals surface area (Å²) < 4.78 is 28.6. The second-order valence-corrected chi connectivity index (χ2v) is 6.46. The highest BCUT2D eigenvalue weighted by atomic mass is 32.1. The van der Waals surface area contributed by atoms with Crippen LogP contribution < -0.4 is 4.80 Å². The zero-order valence-electron chi connectivity index (χ0n) is 14.2. The van der Waals surface area contributed by atoms with Gasteiger partial charge in [0.15, 0.2) is 0 Å². The molecule has 0 aliphatic carbocycles. The first-order chi connectivity index (χ1) is 12.6. The summed E-state index contributed by atoms with van der Waals surface area (Å²) in [6.07, 6.45) is 3.06. The minimum atomic E-state index is -0.661. The number of aryl methyl sites for hydroxylation is 1. The van der Waals surface area contributed by atoms with Crippen molar-refractivity contribution in [1.29, 1.82) is 0 Å². The summed E-state index contributed by atoms with van der Waals surface area (Å²) in [7, 11) is 0. The summed E-state index contributed by atoms with van der Waals surface area (Å²) in [5, 5.41) is 6.34. The Bertz CT molecular complexity index is 1010. The van der Waals surface area contributed by atoms with Gasteiger partial charge in [0.2, 0.25) is 4.80 Å². The van der Waals surface area contributed by atoms with Gasteiger partial charge in [0, 0.05) is 22.6 Å². The number of thiazole rings is 1. The molecule has 6 heteroatoms. The van der Waals surface area contributed by atoms with Crippen molar-refractivity contribution >= 4 is 17.6 Å². The number of hydrogen-bond donors (Lipinski definition) is 0. The molecule has 132 valence electrons. The smallest absolute Gasteiger partial charge is 0.206 e. The molecule has 0 unspecified atom stereocenters. The van der Waals surface area contributed by atoms with Crippen LogP contribution in [0.3, 0.4) is 0 Å². The van der Waals surface area contributed by atoms with Gasteiger partial charge in [0.1, 0.15) is 11.6 Å². The lowest BCUT2D eigenvalue weighted by atomic mass is 10.1. The van der Waals surface area contributed by atoms with Gasteiger partial charge in [0.25, 0.3) is 0 Å². The van der Waals surface area contributed by atoms with Crippen LogP contribution in [0.25, 0.3) is 11.3 Å². The maximum atomic E-state index is 13.9. The fourth-order valence-electron chi connectivity index (χ4n) is 2.31. The van der Waals surface area contributed by atoms with E-state index >= 15 is 0 Å². The molecule has 0 saturated heterocycles. The third-order valence-corrected chi connectivity index (χ3v) is 4.52. The Hall–Kier alpha value is -2.86. The van der Waals surface area contributed by atoms with E-state index < -0.39 is 11.6 Å². The molecule has 0 N–H and O–H groups in total. The fraction of sp³-hybridized carbons (Fsp3) is 0.100. The monoisotopic (exact) mass is 369 g/mol. The molecule has 1 aromatic heterocycles. The quantitative estimate of drug-likeness (QED) is 0.458. The van der Waals surface area contributed by atoms with Crippen molar-refractivity contribution in [3.05, 3.63) is 88.1 Å². The Labute approximate surface area is 154 Å². The predicted molar refractivity (Wildman–Crippen MR) is 102 cm³/mol. The summed E-state index contributed by atoms with van der Waals surface area (Å²) >= 11 is 1.44. The Balaban J connectivity index is 2.08. The average molecular weight is 369 g/mol. The summed E-state index contributed by atoms with van der Waals surface area (Å²) in [5.74, 6) is -1.28. The average Bonchev–Trinajstić information content (AvgIpc) is 3.02. The van der Waals surface area contributed by atoms with Crippen LogP contribution in [0, 0.1) is 18.6 Å². The maximum Gasteiger partial charge on any atom is 0.206 e. The van der Waals surface area contributed by atoms with Crippen LogP contribution in [-0.2, 0) is 0 Å². The Morgan fingerprint density at radius 2 is 1.92 bits per heavy atom. The number of hydrogen-bond acceptors (Lipinski definition) is 3. The van der Waals surface area contributed by atoms with E-state index in [1.165, 1.54) is 29.7 Å². The lowest BCUT2D eigenvalue weighted by molar-refractivity contribution is 0.582. The molecule has 0 bridgehead atoms. The first-order valence-corrected chi connectivity index (χ1v) is 8.85. The van der Waals surface area contributed by atoms with Crippen molar-refractivity contribution in [2.75, 3.05) is 6.54 Å². The van der Waals surface area contributed by atoms with E-state index in [9.17, 15) is 8.78 Å². The van der Waals surface area contributed by atoms with E-state index in [0.29, 0.717) is 11.3 Å². The van der Waals surface area contributed by atoms with Crippen LogP contribution in [0.15, 0.2) is 70.6 Å². The highest BCUT2D eigenvalue weighted by Gasteiger charge is 2.08. The molecule has 0 spiro atoms. The van der Waals surface area contributed by atoms with Crippen LogP contribution in [0.5, 0.6) is 0 Å². The van der Waals surface area contributed by atoms with E-state index in [0.717, 1.165) is 22.9 Å². The zero-order chi connectivity index (χ0) is 18.5. The molecule has 0 aliphatic heterocycles. The Kier molecular flexibility index (Phi) is 5.53. The molecule has 1 heterocycles. The lowest BCUT2D eigenvalue weighted by Crippen LogP contribution is -2.12. The van der Waals surface area contributed by atoms with Gasteiger partial charge in [-0.1, -0.05) is 35.9 Å². The van der Waals surface area contributed by atoms with E-state index in [1.54, 1.807) is 10.8 Å². The largest absolute Gasteiger partial charge is 0.253 e. The highest BCUT2D eigenvalue weighted by Crippen LogP contribution is 2.20. The molecular weight excluding hydrogens is 352 g/mol. The van der Waals surface area contributed by atoms with Gasteiger partial charge in [0.05, 0.1) is 18.5 Å². The SMILES string of the molecule is C=CCN=c1scc(-c2ccc(C)cc2)n1N=Cc1ccc(F)cc1F. The van der Waals surface area contributed by atoms with E-state index in [-0.39, 0.29) is 5.56 Å². The van der Waals surface area contributed by atoms with Crippen molar-refractivity contribution in [3.8, 4) is 11.3 Å². The molecule has 3 aromatic rings. The lowest BCUT2D eigenvalue weighted by Gasteiger charge is -2.04. The van der Waals surface area contributed by atoms with Gasteiger partial charge >= 0.3 is 0 Å². The van der Waals surface area contributed by atoms with E-state index in [2.05, 4.69) is 16.7 Å². The van der Waals surface area contributed by atoms with Crippen molar-refractivity contribution in [3.63, 3.8) is 0 Å². The van der Waals surface area contributed by atoms with Crippen molar-refractivity contribution in [2.45, 2.75) is 6.92 Å². The van der Waals surface area contributed by atoms with Gasteiger partial charge in [-0.3, -0.25) is 4.99 Å². The normalized spacial score (nSPS) is 12.0. The molecule has 0 fully saturated rings. The molecule has 0 amide bonds. The molecule has 3 nitrogen and oxygen atoms in total. The van der Waals surface area contributed by atoms with Gasteiger partial charge in [-0.15, -0.1) is 17.9 Å². The third-order valence-electron chi connectivity index (χ3n) is 3.66. The summed E-state index contributed by atoms with van der Waals surface area (Å²) in [4.78, 5) is 5.10. The molecule has 2 aromatic carbocycles. The predicted octanol–water partition coefficient (Wildman–Crippen LogP) is 4.77. The topological polar surface area (TPSA) is 29.6 Å². The molecule has 0 aliphatic rings. The van der Waals surface area contributed by atoms with Crippen LogP contribution in [-0.4, -0.2) is 17.4 Å². The second-order valence-electron chi connectivity index (χ2n) is 5.62. The number of benzene rings is 2. The first-order valence-electron chi connectivity index (χ1n) is 7.97. The maximum absolute atomic E-state index is 13.9. The van der Waals surface area contributed by atoms with Gasteiger partial charge in [-0.05, 0) is 19.1 Å². The summed E-state index contributed by atoms with van der Waals surface area (Å²) in [6, 6.07) is 11.4. The number of rotatable bonds is 5. The first kappa shape index (κ1) is 17.9. The van der Waals surface area contributed by atoms with Gasteiger partial charge in [-0.25, -0.2) is 13.5 Å². The standard InChI is InChI=1S/C20H17F2N3S/c1-3-10-23-20-25(24-12-16-8-9-17(21)11-18(16)22)19(13-26-20)15-6-4-14(2)5-7-15/h3-9,11-13H,1,10H2,2H3. The summed E-state index contributed by atoms with van der Waals surface area (Å²) in [5.41, 5.74) is 3.18. The number of halogens is 2. The van der Waals surface area contributed by atoms with Crippen molar-refractivity contribution < 1.29 is 8.78 Å². The minimum Gasteiger partial charge on any atom is -0.253 e. The fourth-order valence-corrected chi connectivity index (χ4v) is 3.16. The zero-order valence-corrected chi connectivity index (χ0v) is 15.0. The van der Waals surface area contributed by atoms with Gasteiger partial charge < -0.3 is 0 Å². The molecule has 3 rings (SSSR count). The Morgan fingerprint density at radius 1 is 1.15 bits per heavy atom. The summed E-state index contributed by atoms with van der Waals surface area (Å²) in [6.45, 7) is 6.14. The molecule has 0 saturated carbocycles.